The largest absolute Gasteiger partial charge is 0.360 e. The highest BCUT2D eigenvalue weighted by Crippen LogP contribution is 2.33. The zero-order valence-corrected chi connectivity index (χ0v) is 21.5. The SMILES string of the molecule is CCc1cccc2c(C3=CCN(C(=O)c4sc(-c5c(C)c(C)nn(C)c5=O)nc4C)CC3)c[nH]c12. The number of rotatable bonds is 4. The lowest BCUT2D eigenvalue weighted by Crippen LogP contribution is -2.34. The number of nitrogens with one attached hydrogen (secondary N) is 1. The van der Waals surface area contributed by atoms with Gasteiger partial charge in [0.1, 0.15) is 9.88 Å². The van der Waals surface area contributed by atoms with Gasteiger partial charge in [0.2, 0.25) is 0 Å². The first-order chi connectivity index (χ1) is 16.8. The predicted octanol–water partition coefficient (Wildman–Crippen LogP) is 4.80. The zero-order chi connectivity index (χ0) is 24.9. The van der Waals surface area contributed by atoms with Crippen molar-refractivity contribution in [2.75, 3.05) is 13.1 Å². The maximum absolute atomic E-state index is 13.4. The topological polar surface area (TPSA) is 83.9 Å². The molecule has 0 saturated heterocycles. The number of aromatic nitrogens is 4. The summed E-state index contributed by atoms with van der Waals surface area (Å²) in [5.74, 6) is -0.0333. The number of H-pyrrole nitrogens is 1. The van der Waals surface area contributed by atoms with Crippen LogP contribution in [0.3, 0.4) is 0 Å². The lowest BCUT2D eigenvalue weighted by Gasteiger charge is -2.26. The van der Waals surface area contributed by atoms with E-state index in [-0.39, 0.29) is 11.5 Å². The van der Waals surface area contributed by atoms with Crippen LogP contribution in [0.2, 0.25) is 0 Å². The van der Waals surface area contributed by atoms with Crippen molar-refractivity contribution in [2.24, 2.45) is 7.05 Å². The van der Waals surface area contributed by atoms with Crippen LogP contribution in [0, 0.1) is 20.8 Å². The van der Waals surface area contributed by atoms with Crippen LogP contribution >= 0.6 is 11.3 Å². The molecule has 0 unspecified atom stereocenters. The van der Waals surface area contributed by atoms with E-state index in [0.717, 1.165) is 24.1 Å². The number of para-hydroxylation sites is 1. The second kappa shape index (κ2) is 8.92. The minimum atomic E-state index is -0.198. The van der Waals surface area contributed by atoms with E-state index in [1.807, 2.05) is 25.7 Å². The van der Waals surface area contributed by atoms with Crippen molar-refractivity contribution in [1.82, 2.24) is 24.6 Å². The van der Waals surface area contributed by atoms with Gasteiger partial charge in [-0.3, -0.25) is 9.59 Å². The number of hydrogen-bond donors (Lipinski definition) is 1. The van der Waals surface area contributed by atoms with Gasteiger partial charge in [0.05, 0.1) is 17.0 Å². The van der Waals surface area contributed by atoms with E-state index in [1.165, 1.54) is 43.6 Å². The number of benzene rings is 1. The molecular weight excluding hydrogens is 458 g/mol. The summed E-state index contributed by atoms with van der Waals surface area (Å²) >= 11 is 1.30. The van der Waals surface area contributed by atoms with Gasteiger partial charge in [0.25, 0.3) is 11.5 Å². The Kier molecular flexibility index (Phi) is 5.92. The van der Waals surface area contributed by atoms with Crippen molar-refractivity contribution in [2.45, 2.75) is 40.5 Å². The third-order valence-corrected chi connectivity index (χ3v) is 8.12. The quantitative estimate of drug-likeness (QED) is 0.448. The first-order valence-electron chi connectivity index (χ1n) is 11.9. The number of aryl methyl sites for hydroxylation is 4. The second-order valence-corrected chi connectivity index (χ2v) is 10.1. The van der Waals surface area contributed by atoms with Crippen LogP contribution in [0.5, 0.6) is 0 Å². The van der Waals surface area contributed by atoms with Crippen LogP contribution in [0.4, 0.5) is 0 Å². The molecule has 0 saturated carbocycles. The Balaban J connectivity index is 1.41. The van der Waals surface area contributed by atoms with E-state index in [4.69, 9.17) is 0 Å². The standard InChI is InChI=1S/C27H29N5O2S/c1-6-18-8-7-9-20-21(14-28-23(18)20)19-10-12-32(13-11-19)27(34)24-17(4)29-25(35-24)22-15(2)16(3)30-31(5)26(22)33/h7-10,14,28H,6,11-13H2,1-5H3. The molecule has 35 heavy (non-hydrogen) atoms. The fraction of sp³-hybridized carbons (Fsp3) is 0.333. The summed E-state index contributed by atoms with van der Waals surface area (Å²) in [6, 6.07) is 6.43. The van der Waals surface area contributed by atoms with Gasteiger partial charge >= 0.3 is 0 Å². The summed E-state index contributed by atoms with van der Waals surface area (Å²) in [6.07, 6.45) is 6.03. The lowest BCUT2D eigenvalue weighted by atomic mass is 9.97. The van der Waals surface area contributed by atoms with Gasteiger partial charge in [-0.1, -0.05) is 31.2 Å². The maximum Gasteiger partial charge on any atom is 0.277 e. The number of aromatic amines is 1. The molecule has 4 heterocycles. The van der Waals surface area contributed by atoms with Gasteiger partial charge in [-0.05, 0) is 50.3 Å². The number of hydrogen-bond acceptors (Lipinski definition) is 5. The molecule has 8 heteroatoms. The van der Waals surface area contributed by atoms with Gasteiger partial charge in [-0.25, -0.2) is 9.67 Å². The van der Waals surface area contributed by atoms with E-state index in [1.54, 1.807) is 7.05 Å². The van der Waals surface area contributed by atoms with Crippen LogP contribution in [-0.4, -0.2) is 43.6 Å². The molecule has 3 aromatic heterocycles. The summed E-state index contributed by atoms with van der Waals surface area (Å²) in [4.78, 5) is 36.7. The molecule has 4 aromatic rings. The zero-order valence-electron chi connectivity index (χ0n) is 20.7. The van der Waals surface area contributed by atoms with Crippen LogP contribution in [0.1, 0.15) is 51.1 Å². The molecule has 0 bridgehead atoms. The van der Waals surface area contributed by atoms with Crippen LogP contribution < -0.4 is 5.56 Å². The van der Waals surface area contributed by atoms with Crippen molar-refractivity contribution in [3.63, 3.8) is 0 Å². The third kappa shape index (κ3) is 3.91. The number of thiazole rings is 1. The van der Waals surface area contributed by atoms with Gasteiger partial charge < -0.3 is 9.88 Å². The number of nitrogens with zero attached hydrogens (tertiary/aromatic N) is 4. The van der Waals surface area contributed by atoms with E-state index < -0.39 is 0 Å². The number of carbonyl (C=O) groups is 1. The Bertz CT molecular complexity index is 1560. The van der Waals surface area contributed by atoms with Crippen molar-refractivity contribution < 1.29 is 4.79 Å². The Morgan fingerprint density at radius 1 is 1.20 bits per heavy atom. The van der Waals surface area contributed by atoms with E-state index in [9.17, 15) is 9.59 Å². The average molecular weight is 488 g/mol. The summed E-state index contributed by atoms with van der Waals surface area (Å²) in [5, 5.41) is 6.07. The molecular formula is C27H29N5O2S. The molecule has 0 spiro atoms. The van der Waals surface area contributed by atoms with Crippen LogP contribution in [0.25, 0.3) is 27.0 Å². The van der Waals surface area contributed by atoms with Crippen LogP contribution in [0.15, 0.2) is 35.3 Å². The molecule has 1 amide bonds. The highest BCUT2D eigenvalue weighted by atomic mass is 32.1. The molecule has 1 aromatic carbocycles. The third-order valence-electron chi connectivity index (χ3n) is 6.96. The fourth-order valence-corrected chi connectivity index (χ4v) is 5.95. The molecule has 7 nitrogen and oxygen atoms in total. The molecule has 180 valence electrons. The first-order valence-corrected chi connectivity index (χ1v) is 12.7. The minimum absolute atomic E-state index is 0.0333. The van der Waals surface area contributed by atoms with Crippen molar-refractivity contribution in [3.05, 3.63) is 73.8 Å². The molecule has 0 radical (unpaired) electrons. The normalized spacial score (nSPS) is 14.0. The molecule has 5 rings (SSSR count). The number of amides is 1. The Hall–Kier alpha value is -3.52. The highest BCUT2D eigenvalue weighted by molar-refractivity contribution is 7.17. The first kappa shape index (κ1) is 23.2. The van der Waals surface area contributed by atoms with Gasteiger partial charge in [-0.15, -0.1) is 11.3 Å². The van der Waals surface area contributed by atoms with Crippen molar-refractivity contribution in [1.29, 1.82) is 0 Å². The van der Waals surface area contributed by atoms with Gasteiger partial charge in [-0.2, -0.15) is 5.10 Å². The Morgan fingerprint density at radius 2 is 2.00 bits per heavy atom. The molecule has 0 atom stereocenters. The summed E-state index contributed by atoms with van der Waals surface area (Å²) in [5.41, 5.74) is 7.56. The van der Waals surface area contributed by atoms with Crippen LogP contribution in [-0.2, 0) is 13.5 Å². The monoisotopic (exact) mass is 487 g/mol. The average Bonchev–Trinajstić information content (AvgIpc) is 3.46. The van der Waals surface area contributed by atoms with E-state index >= 15 is 0 Å². The molecule has 1 N–H and O–H groups in total. The van der Waals surface area contributed by atoms with Crippen molar-refractivity contribution in [3.8, 4) is 10.6 Å². The second-order valence-electron chi connectivity index (χ2n) is 9.07. The number of carbonyl (C=O) groups excluding carboxylic acids is 1. The molecule has 0 fully saturated rings. The Morgan fingerprint density at radius 3 is 2.71 bits per heavy atom. The summed E-state index contributed by atoms with van der Waals surface area (Å²) < 4.78 is 1.33. The molecule has 0 aliphatic carbocycles. The smallest absolute Gasteiger partial charge is 0.277 e. The molecule has 1 aliphatic heterocycles. The highest BCUT2D eigenvalue weighted by Gasteiger charge is 2.26. The van der Waals surface area contributed by atoms with Gasteiger partial charge in [0.15, 0.2) is 0 Å². The Labute approximate surface area is 208 Å². The van der Waals surface area contributed by atoms with Gasteiger partial charge in [0, 0.05) is 42.8 Å². The predicted molar refractivity (Wildman–Crippen MR) is 141 cm³/mol. The van der Waals surface area contributed by atoms with E-state index in [2.05, 4.69) is 52.5 Å². The summed E-state index contributed by atoms with van der Waals surface area (Å²) in [7, 11) is 1.64. The minimum Gasteiger partial charge on any atom is -0.360 e. The maximum atomic E-state index is 13.4. The lowest BCUT2D eigenvalue weighted by molar-refractivity contribution is 0.0777. The fourth-order valence-electron chi connectivity index (χ4n) is 4.82. The van der Waals surface area contributed by atoms with E-state index in [0.29, 0.717) is 34.2 Å². The molecule has 1 aliphatic rings. The van der Waals surface area contributed by atoms with Crippen molar-refractivity contribution >= 4 is 33.7 Å². The number of fused-ring (bicyclic) bond motifs is 1. The summed E-state index contributed by atoms with van der Waals surface area (Å²) in [6.45, 7) is 8.95.